The van der Waals surface area contributed by atoms with E-state index in [1.54, 1.807) is 0 Å². The number of primary amides is 1. The summed E-state index contributed by atoms with van der Waals surface area (Å²) in [6.45, 7) is 2.54. The summed E-state index contributed by atoms with van der Waals surface area (Å²) in [6, 6.07) is 5.50. The van der Waals surface area contributed by atoms with Crippen molar-refractivity contribution < 1.29 is 9.53 Å². The van der Waals surface area contributed by atoms with E-state index in [0.717, 1.165) is 15.8 Å². The molecule has 0 fully saturated rings. The molecule has 14 heavy (non-hydrogen) atoms. The van der Waals surface area contributed by atoms with Crippen molar-refractivity contribution in [2.45, 2.75) is 13.3 Å². The summed E-state index contributed by atoms with van der Waals surface area (Å²) in [5.74, 6) is 0.446. The van der Waals surface area contributed by atoms with Crippen LogP contribution in [0.4, 0.5) is 0 Å². The van der Waals surface area contributed by atoms with Crippen LogP contribution in [0.5, 0.6) is 5.75 Å². The molecule has 0 aliphatic rings. The Morgan fingerprint density at radius 1 is 1.57 bits per heavy atom. The quantitative estimate of drug-likeness (QED) is 0.896. The average Bonchev–Trinajstić information content (AvgIpc) is 2.09. The number of rotatable bonds is 4. The molecule has 1 rings (SSSR count). The summed E-state index contributed by atoms with van der Waals surface area (Å²) in [5, 5.41) is 0. The van der Waals surface area contributed by atoms with Crippen LogP contribution < -0.4 is 10.5 Å². The highest BCUT2D eigenvalue weighted by Gasteiger charge is 2.03. The number of carbonyl (C=O) groups is 1. The second-order valence-corrected chi connectivity index (χ2v) is 3.70. The molecular weight excluding hydrogens is 246 g/mol. The zero-order valence-electron chi connectivity index (χ0n) is 7.92. The normalized spacial score (nSPS) is 9.86. The van der Waals surface area contributed by atoms with E-state index < -0.39 is 0 Å². The highest BCUT2D eigenvalue weighted by Crippen LogP contribution is 2.26. The molecule has 0 aromatic heterocycles. The summed E-state index contributed by atoms with van der Waals surface area (Å²) in [7, 11) is 0. The van der Waals surface area contributed by atoms with Gasteiger partial charge < -0.3 is 10.5 Å². The van der Waals surface area contributed by atoms with Gasteiger partial charge in [0.25, 0.3) is 0 Å². The molecule has 0 saturated carbocycles. The number of hydrogen-bond acceptors (Lipinski definition) is 2. The third-order valence-corrected chi connectivity index (χ3v) is 2.29. The molecule has 0 atom stereocenters. The Morgan fingerprint density at radius 3 is 2.79 bits per heavy atom. The predicted molar refractivity (Wildman–Crippen MR) is 58.2 cm³/mol. The molecule has 0 bridgehead atoms. The Morgan fingerprint density at radius 2 is 2.29 bits per heavy atom. The zero-order chi connectivity index (χ0) is 10.6. The van der Waals surface area contributed by atoms with Crippen LogP contribution in [-0.2, 0) is 11.2 Å². The first kappa shape index (κ1) is 11.0. The summed E-state index contributed by atoms with van der Waals surface area (Å²) in [5.41, 5.74) is 5.97. The Bertz CT molecular complexity index is 339. The first-order valence-corrected chi connectivity index (χ1v) is 5.12. The van der Waals surface area contributed by atoms with Gasteiger partial charge in [0, 0.05) is 0 Å². The number of benzene rings is 1. The molecular formula is C10H12BrNO2. The third-order valence-electron chi connectivity index (χ3n) is 1.67. The first-order chi connectivity index (χ1) is 6.63. The lowest BCUT2D eigenvalue weighted by atomic mass is 10.1. The summed E-state index contributed by atoms with van der Waals surface area (Å²) < 4.78 is 6.18. The van der Waals surface area contributed by atoms with Crippen LogP contribution in [0.25, 0.3) is 0 Å². The van der Waals surface area contributed by atoms with Gasteiger partial charge in [-0.15, -0.1) is 0 Å². The van der Waals surface area contributed by atoms with E-state index in [1.165, 1.54) is 0 Å². The minimum atomic E-state index is -0.332. The van der Waals surface area contributed by atoms with Gasteiger partial charge in [-0.2, -0.15) is 0 Å². The first-order valence-electron chi connectivity index (χ1n) is 4.33. The van der Waals surface area contributed by atoms with Crippen molar-refractivity contribution in [3.63, 3.8) is 0 Å². The largest absolute Gasteiger partial charge is 0.493 e. The third kappa shape index (κ3) is 3.03. The van der Waals surface area contributed by atoms with Gasteiger partial charge >= 0.3 is 0 Å². The molecule has 0 saturated heterocycles. The maximum absolute atomic E-state index is 10.7. The molecule has 1 aromatic carbocycles. The molecule has 0 aliphatic heterocycles. The van der Waals surface area contributed by atoms with Crippen molar-refractivity contribution in [3.05, 3.63) is 28.2 Å². The van der Waals surface area contributed by atoms with Crippen molar-refractivity contribution in [1.82, 2.24) is 0 Å². The summed E-state index contributed by atoms with van der Waals surface area (Å²) >= 11 is 3.36. The van der Waals surface area contributed by atoms with Gasteiger partial charge in [0.2, 0.25) is 5.91 Å². The van der Waals surface area contributed by atoms with Gasteiger partial charge in [-0.1, -0.05) is 6.07 Å². The maximum Gasteiger partial charge on any atom is 0.221 e. The van der Waals surface area contributed by atoms with Crippen molar-refractivity contribution in [2.75, 3.05) is 6.61 Å². The second-order valence-electron chi connectivity index (χ2n) is 2.84. The van der Waals surface area contributed by atoms with Crippen molar-refractivity contribution in [3.8, 4) is 5.75 Å². The van der Waals surface area contributed by atoms with Crippen LogP contribution in [0.2, 0.25) is 0 Å². The fourth-order valence-electron chi connectivity index (χ4n) is 1.13. The van der Waals surface area contributed by atoms with Gasteiger partial charge in [-0.25, -0.2) is 0 Å². The van der Waals surface area contributed by atoms with Crippen LogP contribution in [-0.4, -0.2) is 12.5 Å². The molecule has 2 N–H and O–H groups in total. The molecule has 4 heteroatoms. The number of amides is 1. The SMILES string of the molecule is CCOc1ccc(CC(N)=O)cc1Br. The summed E-state index contributed by atoms with van der Waals surface area (Å²) in [4.78, 5) is 10.7. The Hall–Kier alpha value is -1.03. The van der Waals surface area contributed by atoms with Gasteiger partial charge in [0.05, 0.1) is 17.5 Å². The fourth-order valence-corrected chi connectivity index (χ4v) is 1.67. The smallest absolute Gasteiger partial charge is 0.221 e. The van der Waals surface area contributed by atoms with E-state index >= 15 is 0 Å². The van der Waals surface area contributed by atoms with E-state index in [9.17, 15) is 4.79 Å². The minimum absolute atomic E-state index is 0.255. The molecule has 76 valence electrons. The number of nitrogens with two attached hydrogens (primary N) is 1. The number of halogens is 1. The number of carbonyl (C=O) groups excluding carboxylic acids is 1. The number of ether oxygens (including phenoxy) is 1. The van der Waals surface area contributed by atoms with E-state index in [-0.39, 0.29) is 12.3 Å². The molecule has 0 heterocycles. The summed E-state index contributed by atoms with van der Waals surface area (Å²) in [6.07, 6.45) is 0.255. The number of hydrogen-bond donors (Lipinski definition) is 1. The fraction of sp³-hybridized carbons (Fsp3) is 0.300. The van der Waals surface area contributed by atoms with Crippen molar-refractivity contribution >= 4 is 21.8 Å². The van der Waals surface area contributed by atoms with Crippen LogP contribution in [0.1, 0.15) is 12.5 Å². The molecule has 0 spiro atoms. The van der Waals surface area contributed by atoms with Crippen LogP contribution in [0.15, 0.2) is 22.7 Å². The highest BCUT2D eigenvalue weighted by molar-refractivity contribution is 9.10. The molecule has 3 nitrogen and oxygen atoms in total. The lowest BCUT2D eigenvalue weighted by Crippen LogP contribution is -2.13. The van der Waals surface area contributed by atoms with Gasteiger partial charge in [-0.3, -0.25) is 4.79 Å². The van der Waals surface area contributed by atoms with Gasteiger partial charge in [-0.05, 0) is 40.5 Å². The highest BCUT2D eigenvalue weighted by atomic mass is 79.9. The molecule has 0 unspecified atom stereocenters. The van der Waals surface area contributed by atoms with Gasteiger partial charge in [0.1, 0.15) is 5.75 Å². The monoisotopic (exact) mass is 257 g/mol. The lowest BCUT2D eigenvalue weighted by molar-refractivity contribution is -0.117. The van der Waals surface area contributed by atoms with Gasteiger partial charge in [0.15, 0.2) is 0 Å². The van der Waals surface area contributed by atoms with E-state index in [0.29, 0.717) is 6.61 Å². The Kier molecular flexibility index (Phi) is 3.95. The molecule has 1 amide bonds. The van der Waals surface area contributed by atoms with E-state index in [1.807, 2.05) is 25.1 Å². The zero-order valence-corrected chi connectivity index (χ0v) is 9.50. The molecule has 1 aromatic rings. The van der Waals surface area contributed by atoms with Crippen LogP contribution >= 0.6 is 15.9 Å². The van der Waals surface area contributed by atoms with Crippen LogP contribution in [0, 0.1) is 0 Å². The lowest BCUT2D eigenvalue weighted by Gasteiger charge is -2.06. The topological polar surface area (TPSA) is 52.3 Å². The van der Waals surface area contributed by atoms with Crippen molar-refractivity contribution in [2.24, 2.45) is 5.73 Å². The Labute approximate surface area is 91.4 Å². The minimum Gasteiger partial charge on any atom is -0.493 e. The average molecular weight is 258 g/mol. The molecule has 0 radical (unpaired) electrons. The predicted octanol–water partition coefficient (Wildman–Crippen LogP) is 1.88. The standard InChI is InChI=1S/C10H12BrNO2/c1-2-14-9-4-3-7(5-8(9)11)6-10(12)13/h3-5H,2,6H2,1H3,(H2,12,13). The van der Waals surface area contributed by atoms with Crippen LogP contribution in [0.3, 0.4) is 0 Å². The molecule has 0 aliphatic carbocycles. The van der Waals surface area contributed by atoms with Crippen molar-refractivity contribution in [1.29, 1.82) is 0 Å². The Balaban J connectivity index is 2.83. The van der Waals surface area contributed by atoms with E-state index in [4.69, 9.17) is 10.5 Å². The second kappa shape index (κ2) is 5.00. The van der Waals surface area contributed by atoms with E-state index in [2.05, 4.69) is 15.9 Å². The maximum atomic E-state index is 10.7.